The van der Waals surface area contributed by atoms with Gasteiger partial charge in [-0.25, -0.2) is 9.59 Å². The van der Waals surface area contributed by atoms with Crippen molar-refractivity contribution in [2.75, 3.05) is 99.5 Å². The predicted molar refractivity (Wildman–Crippen MR) is 137 cm³/mol. The number of carboxylic acid groups (broad SMARTS) is 1. The lowest BCUT2D eigenvalue weighted by Gasteiger charge is -2.24. The Labute approximate surface area is 230 Å². The van der Waals surface area contributed by atoms with Gasteiger partial charge in [-0.1, -0.05) is 0 Å². The van der Waals surface area contributed by atoms with E-state index in [-0.39, 0.29) is 32.1 Å². The molecule has 0 bridgehead atoms. The number of nitrogens with zero attached hydrogens (tertiary/aromatic N) is 1. The second kappa shape index (κ2) is 23.5. The van der Waals surface area contributed by atoms with E-state index in [9.17, 15) is 19.2 Å². The van der Waals surface area contributed by atoms with Crippen LogP contribution in [0.3, 0.4) is 0 Å². The van der Waals surface area contributed by atoms with Crippen LogP contribution in [-0.2, 0) is 52.3 Å². The largest absolute Gasteiger partial charge is 0.476 e. The Morgan fingerprint density at radius 2 is 1.00 bits per heavy atom. The third kappa shape index (κ3) is 25.7. The molecule has 14 heteroatoms. The summed E-state index contributed by atoms with van der Waals surface area (Å²) in [4.78, 5) is 45.8. The Kier molecular flexibility index (Phi) is 22.1. The zero-order valence-corrected chi connectivity index (χ0v) is 23.6. The minimum atomic E-state index is -1.57. The fourth-order valence-corrected chi connectivity index (χ4v) is 2.44. The molecule has 0 aliphatic rings. The first-order valence-corrected chi connectivity index (χ1v) is 12.8. The molecule has 0 rings (SSSR count). The maximum absolute atomic E-state index is 11.8. The van der Waals surface area contributed by atoms with Gasteiger partial charge in [0.15, 0.2) is 0 Å². The van der Waals surface area contributed by atoms with Crippen LogP contribution in [0.1, 0.15) is 33.6 Å². The number of ketones is 1. The molecule has 0 unspecified atom stereocenters. The number of esters is 1. The molecule has 0 fully saturated rings. The van der Waals surface area contributed by atoms with Crippen molar-refractivity contribution in [3.8, 4) is 0 Å². The SMILES string of the molecule is CN(CCOCCOCCOCCOCCOCCOCCOC(=O)CCC(=O)C(=O)O)C(=O)OC(C)(C)C. The Balaban J connectivity index is 3.28. The van der Waals surface area contributed by atoms with Crippen molar-refractivity contribution in [3.05, 3.63) is 0 Å². The van der Waals surface area contributed by atoms with Crippen LogP contribution in [0.5, 0.6) is 0 Å². The van der Waals surface area contributed by atoms with Crippen molar-refractivity contribution < 1.29 is 62.2 Å². The number of aliphatic carboxylic acids is 1. The Bertz CT molecular complexity index is 681. The number of carbonyl (C=O) groups is 4. The molecule has 0 atom stereocenters. The fraction of sp³-hybridized carbons (Fsp3) is 0.840. The molecule has 0 aliphatic heterocycles. The van der Waals surface area contributed by atoms with Crippen molar-refractivity contribution in [2.24, 2.45) is 0 Å². The van der Waals surface area contributed by atoms with Crippen LogP contribution < -0.4 is 0 Å². The minimum Gasteiger partial charge on any atom is -0.476 e. The Hall–Kier alpha value is -2.36. The van der Waals surface area contributed by atoms with Crippen LogP contribution in [0.2, 0.25) is 0 Å². The molecule has 0 aromatic heterocycles. The number of rotatable bonds is 25. The normalized spacial score (nSPS) is 11.3. The van der Waals surface area contributed by atoms with Gasteiger partial charge in [-0.05, 0) is 20.8 Å². The average molecular weight is 568 g/mol. The third-order valence-electron chi connectivity index (χ3n) is 4.42. The molecule has 0 aromatic rings. The van der Waals surface area contributed by atoms with E-state index in [1.165, 1.54) is 4.90 Å². The molecule has 1 N–H and O–H groups in total. The van der Waals surface area contributed by atoms with Gasteiger partial charge in [-0.2, -0.15) is 0 Å². The van der Waals surface area contributed by atoms with Gasteiger partial charge in [0.2, 0.25) is 5.78 Å². The second-order valence-electron chi connectivity index (χ2n) is 9.02. The number of carboxylic acids is 1. The molecule has 39 heavy (non-hydrogen) atoms. The van der Waals surface area contributed by atoms with Crippen molar-refractivity contribution in [2.45, 2.75) is 39.2 Å². The van der Waals surface area contributed by atoms with E-state index in [0.717, 1.165) is 0 Å². The van der Waals surface area contributed by atoms with Gasteiger partial charge >= 0.3 is 18.0 Å². The standard InChI is InChI=1S/C25H45NO13/c1-25(2,3)39-24(31)26(4)7-8-32-9-10-33-11-12-34-13-14-35-15-16-36-17-18-37-19-20-38-22(28)6-5-21(27)23(29)30/h5-20H2,1-4H3,(H,29,30). The van der Waals surface area contributed by atoms with Crippen molar-refractivity contribution in [3.63, 3.8) is 0 Å². The topological polar surface area (TPSA) is 166 Å². The molecule has 0 saturated carbocycles. The van der Waals surface area contributed by atoms with E-state index >= 15 is 0 Å². The summed E-state index contributed by atoms with van der Waals surface area (Å²) in [5.74, 6) is -3.24. The van der Waals surface area contributed by atoms with Crippen LogP contribution in [-0.4, -0.2) is 139 Å². The molecular formula is C25H45NO13. The van der Waals surface area contributed by atoms with Crippen molar-refractivity contribution in [1.29, 1.82) is 0 Å². The molecular weight excluding hydrogens is 522 g/mol. The maximum atomic E-state index is 11.8. The number of ether oxygens (including phenoxy) is 8. The smallest absolute Gasteiger partial charge is 0.410 e. The first-order chi connectivity index (χ1) is 18.5. The number of carbonyl (C=O) groups excluding carboxylic acids is 3. The van der Waals surface area contributed by atoms with Crippen LogP contribution in [0, 0.1) is 0 Å². The molecule has 14 nitrogen and oxygen atoms in total. The van der Waals surface area contributed by atoms with E-state index < -0.39 is 23.3 Å². The van der Waals surface area contributed by atoms with E-state index in [0.29, 0.717) is 79.2 Å². The number of hydrogen-bond acceptors (Lipinski definition) is 12. The summed E-state index contributed by atoms with van der Waals surface area (Å²) in [7, 11) is 1.66. The molecule has 0 aliphatic carbocycles. The summed E-state index contributed by atoms with van der Waals surface area (Å²) in [5, 5.41) is 8.42. The van der Waals surface area contributed by atoms with Crippen LogP contribution in [0.4, 0.5) is 4.79 Å². The van der Waals surface area contributed by atoms with Gasteiger partial charge in [-0.3, -0.25) is 9.59 Å². The molecule has 228 valence electrons. The lowest BCUT2D eigenvalue weighted by molar-refractivity contribution is -0.151. The number of Topliss-reactive ketones (excluding diaryl/α,β-unsaturated/α-hetero) is 1. The molecule has 0 saturated heterocycles. The highest BCUT2D eigenvalue weighted by Gasteiger charge is 2.19. The third-order valence-corrected chi connectivity index (χ3v) is 4.42. The summed E-state index contributed by atoms with van der Waals surface area (Å²) in [6.07, 6.45) is -1.05. The number of hydrogen-bond donors (Lipinski definition) is 1. The van der Waals surface area contributed by atoms with Crippen LogP contribution >= 0.6 is 0 Å². The maximum Gasteiger partial charge on any atom is 0.410 e. The summed E-state index contributed by atoms with van der Waals surface area (Å²) in [6, 6.07) is 0. The number of amides is 1. The van der Waals surface area contributed by atoms with Gasteiger partial charge in [-0.15, -0.1) is 0 Å². The molecule has 1 amide bonds. The number of likely N-dealkylation sites (N-methyl/N-ethyl adjacent to an activating group) is 1. The summed E-state index contributed by atoms with van der Waals surface area (Å²) in [5.41, 5.74) is -0.524. The highest BCUT2D eigenvalue weighted by molar-refractivity contribution is 6.32. The second-order valence-corrected chi connectivity index (χ2v) is 9.02. The average Bonchev–Trinajstić information content (AvgIpc) is 2.86. The Morgan fingerprint density at radius 1 is 0.615 bits per heavy atom. The predicted octanol–water partition coefficient (Wildman–Crippen LogP) is 0.930. The van der Waals surface area contributed by atoms with E-state index in [2.05, 4.69) is 0 Å². The zero-order valence-electron chi connectivity index (χ0n) is 23.6. The zero-order chi connectivity index (χ0) is 29.4. The molecule has 0 radical (unpaired) electrons. The highest BCUT2D eigenvalue weighted by Crippen LogP contribution is 2.08. The van der Waals surface area contributed by atoms with Gasteiger partial charge < -0.3 is 47.9 Å². The molecule has 0 spiro atoms. The minimum absolute atomic E-state index is 0.0111. The van der Waals surface area contributed by atoms with Gasteiger partial charge in [0.25, 0.3) is 0 Å². The highest BCUT2D eigenvalue weighted by atomic mass is 16.6. The van der Waals surface area contributed by atoms with E-state index in [4.69, 9.17) is 43.0 Å². The van der Waals surface area contributed by atoms with E-state index in [1.54, 1.807) is 7.05 Å². The van der Waals surface area contributed by atoms with Gasteiger partial charge in [0, 0.05) is 20.0 Å². The summed E-state index contributed by atoms with van der Waals surface area (Å²) < 4.78 is 42.3. The first-order valence-electron chi connectivity index (χ1n) is 12.8. The monoisotopic (exact) mass is 567 g/mol. The quantitative estimate of drug-likeness (QED) is 0.0941. The summed E-state index contributed by atoms with van der Waals surface area (Å²) >= 11 is 0. The Morgan fingerprint density at radius 3 is 1.38 bits per heavy atom. The molecule has 0 heterocycles. The van der Waals surface area contributed by atoms with Crippen molar-refractivity contribution >= 4 is 23.8 Å². The first kappa shape index (κ1) is 36.6. The van der Waals surface area contributed by atoms with E-state index in [1.807, 2.05) is 20.8 Å². The lowest BCUT2D eigenvalue weighted by Crippen LogP contribution is -2.36. The van der Waals surface area contributed by atoms with Gasteiger partial charge in [0.1, 0.15) is 12.2 Å². The lowest BCUT2D eigenvalue weighted by atomic mass is 10.2. The molecule has 0 aromatic carbocycles. The van der Waals surface area contributed by atoms with Gasteiger partial charge in [0.05, 0.1) is 85.7 Å². The summed E-state index contributed by atoms with van der Waals surface area (Å²) in [6.45, 7) is 10.5. The fourth-order valence-electron chi connectivity index (χ4n) is 2.44. The van der Waals surface area contributed by atoms with Crippen LogP contribution in [0.25, 0.3) is 0 Å². The van der Waals surface area contributed by atoms with Crippen LogP contribution in [0.15, 0.2) is 0 Å². The van der Waals surface area contributed by atoms with Crippen molar-refractivity contribution in [1.82, 2.24) is 4.90 Å².